The molecule has 106 valence electrons. The second kappa shape index (κ2) is 5.43. The fourth-order valence-electron chi connectivity index (χ4n) is 3.41. The minimum absolute atomic E-state index is 0.332. The summed E-state index contributed by atoms with van der Waals surface area (Å²) < 4.78 is 5.32. The van der Waals surface area contributed by atoms with Gasteiger partial charge in [0.05, 0.1) is 13.2 Å². The summed E-state index contributed by atoms with van der Waals surface area (Å²) in [5, 5.41) is 13.2. The van der Waals surface area contributed by atoms with Crippen LogP contribution in [0.3, 0.4) is 0 Å². The molecule has 0 saturated carbocycles. The number of benzene rings is 1. The Morgan fingerprint density at radius 1 is 1.30 bits per heavy atom. The maximum absolute atomic E-state index is 9.80. The summed E-state index contributed by atoms with van der Waals surface area (Å²) in [6.07, 6.45) is 2.73. The average molecular weight is 271 g/mol. The molecular weight excluding hydrogens is 250 g/mol. The van der Waals surface area contributed by atoms with Gasteiger partial charge in [0.25, 0.3) is 0 Å². The van der Waals surface area contributed by atoms with E-state index < -0.39 is 0 Å². The topological polar surface area (TPSA) is 48.3 Å². The van der Waals surface area contributed by atoms with Crippen LogP contribution in [0.2, 0.25) is 0 Å². The highest BCUT2D eigenvalue weighted by Crippen LogP contribution is 2.34. The van der Waals surface area contributed by atoms with Crippen LogP contribution >= 0.6 is 0 Å². The Kier molecular flexibility index (Phi) is 3.64. The molecule has 1 heterocycles. The Bertz CT molecular complexity index is 531. The first-order valence-corrected chi connectivity index (χ1v) is 7.30. The van der Waals surface area contributed by atoms with E-state index >= 15 is 0 Å². The molecule has 1 aliphatic heterocycles. The summed E-state index contributed by atoms with van der Waals surface area (Å²) >= 11 is 0. The summed E-state index contributed by atoms with van der Waals surface area (Å²) in [5.41, 5.74) is 2.31. The smallest absolute Gasteiger partial charge is 0.119 e. The summed E-state index contributed by atoms with van der Waals surface area (Å²) in [6, 6.07) is 8.89. The Morgan fingerprint density at radius 2 is 2.10 bits per heavy atom. The van der Waals surface area contributed by atoms with Crippen molar-refractivity contribution in [2.24, 2.45) is 0 Å². The number of nitrogens with one attached hydrogen (secondary N) is 1. The highest BCUT2D eigenvalue weighted by atomic mass is 16.5. The largest absolute Gasteiger partial charge is 0.497 e. The molecule has 1 fully saturated rings. The molecule has 3 rings (SSSR count). The summed E-state index contributed by atoms with van der Waals surface area (Å²) in [4.78, 5) is 2.37. The van der Waals surface area contributed by atoms with E-state index in [0.717, 1.165) is 51.2 Å². The molecule has 1 aromatic carbocycles. The van der Waals surface area contributed by atoms with Crippen molar-refractivity contribution in [3.05, 3.63) is 29.3 Å². The van der Waals surface area contributed by atoms with Crippen molar-refractivity contribution in [1.29, 1.82) is 5.26 Å². The van der Waals surface area contributed by atoms with Crippen LogP contribution in [0.15, 0.2) is 18.2 Å². The van der Waals surface area contributed by atoms with E-state index in [1.165, 1.54) is 11.1 Å². The minimum Gasteiger partial charge on any atom is -0.497 e. The lowest BCUT2D eigenvalue weighted by atomic mass is 9.77. The van der Waals surface area contributed by atoms with E-state index in [4.69, 9.17) is 4.74 Å². The molecule has 0 aromatic heterocycles. The standard InChI is InChI=1S/C16H21N3O/c1-20-15-3-2-13-4-5-16(12-17,11-14(13)10-15)19-8-6-18-7-9-19/h2-3,10,18H,4-9,11H2,1H3. The number of hydrogen-bond donors (Lipinski definition) is 1. The van der Waals surface area contributed by atoms with Crippen LogP contribution in [0.5, 0.6) is 5.75 Å². The maximum atomic E-state index is 9.80. The van der Waals surface area contributed by atoms with Crippen LogP contribution < -0.4 is 10.1 Å². The third-order valence-corrected chi connectivity index (χ3v) is 4.63. The number of fused-ring (bicyclic) bond motifs is 1. The summed E-state index contributed by atoms with van der Waals surface area (Å²) in [6.45, 7) is 3.89. The molecule has 0 radical (unpaired) electrons. The second-order valence-electron chi connectivity index (χ2n) is 5.69. The molecule has 0 spiro atoms. The summed E-state index contributed by atoms with van der Waals surface area (Å²) in [7, 11) is 1.69. The fourth-order valence-corrected chi connectivity index (χ4v) is 3.41. The van der Waals surface area contributed by atoms with E-state index in [-0.39, 0.29) is 5.54 Å². The van der Waals surface area contributed by atoms with Crippen LogP contribution in [0.1, 0.15) is 17.5 Å². The summed E-state index contributed by atoms with van der Waals surface area (Å²) in [5.74, 6) is 0.887. The molecule has 1 aromatic rings. The van der Waals surface area contributed by atoms with Gasteiger partial charge in [-0.3, -0.25) is 4.90 Å². The second-order valence-corrected chi connectivity index (χ2v) is 5.69. The normalized spacial score (nSPS) is 26.6. The van der Waals surface area contributed by atoms with Crippen LogP contribution in [0.4, 0.5) is 0 Å². The third-order valence-electron chi connectivity index (χ3n) is 4.63. The molecule has 20 heavy (non-hydrogen) atoms. The number of methoxy groups -OCH3 is 1. The lowest BCUT2D eigenvalue weighted by Crippen LogP contribution is -2.57. The molecule has 0 bridgehead atoms. The van der Waals surface area contributed by atoms with Gasteiger partial charge in [0, 0.05) is 32.6 Å². The number of nitriles is 1. The Hall–Kier alpha value is -1.57. The molecule has 2 aliphatic rings. The Balaban J connectivity index is 1.89. The molecular formula is C16H21N3O. The van der Waals surface area contributed by atoms with Crippen molar-refractivity contribution in [3.8, 4) is 11.8 Å². The fraction of sp³-hybridized carbons (Fsp3) is 0.562. The SMILES string of the molecule is COc1ccc2c(c1)CC(C#N)(N1CCNCC1)CC2. The maximum Gasteiger partial charge on any atom is 0.119 e. The van der Waals surface area contributed by atoms with Crippen molar-refractivity contribution in [1.82, 2.24) is 10.2 Å². The first kappa shape index (κ1) is 13.4. The van der Waals surface area contributed by atoms with Crippen LogP contribution in [0.25, 0.3) is 0 Å². The average Bonchev–Trinajstić information content (AvgIpc) is 2.54. The molecule has 1 N–H and O–H groups in total. The van der Waals surface area contributed by atoms with E-state index in [1.54, 1.807) is 7.11 Å². The van der Waals surface area contributed by atoms with Crippen molar-refractivity contribution in [2.45, 2.75) is 24.8 Å². The van der Waals surface area contributed by atoms with E-state index in [9.17, 15) is 5.26 Å². The minimum atomic E-state index is -0.332. The quantitative estimate of drug-likeness (QED) is 0.882. The van der Waals surface area contributed by atoms with Gasteiger partial charge in [0.15, 0.2) is 0 Å². The van der Waals surface area contributed by atoms with Crippen LogP contribution in [0, 0.1) is 11.3 Å². The van der Waals surface area contributed by atoms with Gasteiger partial charge in [0.2, 0.25) is 0 Å². The van der Waals surface area contributed by atoms with Gasteiger partial charge in [-0.25, -0.2) is 0 Å². The third kappa shape index (κ3) is 2.28. The number of nitrogens with zero attached hydrogens (tertiary/aromatic N) is 2. The van der Waals surface area contributed by atoms with Gasteiger partial charge < -0.3 is 10.1 Å². The predicted octanol–water partition coefficient (Wildman–Crippen LogP) is 1.35. The highest BCUT2D eigenvalue weighted by Gasteiger charge is 2.40. The van der Waals surface area contributed by atoms with Gasteiger partial charge in [-0.1, -0.05) is 6.07 Å². The van der Waals surface area contributed by atoms with Crippen LogP contribution in [-0.2, 0) is 12.8 Å². The number of piperazine rings is 1. The van der Waals surface area contributed by atoms with Crippen molar-refractivity contribution < 1.29 is 4.74 Å². The Morgan fingerprint density at radius 3 is 2.80 bits per heavy atom. The van der Waals surface area contributed by atoms with Crippen LogP contribution in [-0.4, -0.2) is 43.7 Å². The number of aryl methyl sites for hydroxylation is 1. The molecule has 1 unspecified atom stereocenters. The first-order valence-electron chi connectivity index (χ1n) is 7.30. The van der Waals surface area contributed by atoms with E-state index in [1.807, 2.05) is 6.07 Å². The zero-order valence-electron chi connectivity index (χ0n) is 12.0. The molecule has 0 amide bonds. The number of ether oxygens (including phenoxy) is 1. The van der Waals surface area contributed by atoms with Crippen molar-refractivity contribution >= 4 is 0 Å². The van der Waals surface area contributed by atoms with Gasteiger partial charge in [-0.15, -0.1) is 0 Å². The van der Waals surface area contributed by atoms with Gasteiger partial charge in [0.1, 0.15) is 11.3 Å². The molecule has 4 heteroatoms. The van der Waals surface area contributed by atoms with Gasteiger partial charge >= 0.3 is 0 Å². The van der Waals surface area contributed by atoms with Crippen molar-refractivity contribution in [2.75, 3.05) is 33.3 Å². The Labute approximate surface area is 120 Å². The molecule has 1 aliphatic carbocycles. The van der Waals surface area contributed by atoms with Gasteiger partial charge in [-0.2, -0.15) is 5.26 Å². The number of rotatable bonds is 2. The van der Waals surface area contributed by atoms with E-state index in [2.05, 4.69) is 28.4 Å². The zero-order chi connectivity index (χ0) is 14.0. The lowest BCUT2D eigenvalue weighted by Gasteiger charge is -2.44. The predicted molar refractivity (Wildman–Crippen MR) is 77.8 cm³/mol. The lowest BCUT2D eigenvalue weighted by molar-refractivity contribution is 0.105. The molecule has 1 atom stereocenters. The van der Waals surface area contributed by atoms with Crippen molar-refractivity contribution in [3.63, 3.8) is 0 Å². The number of hydrogen-bond acceptors (Lipinski definition) is 4. The molecule has 1 saturated heterocycles. The van der Waals surface area contributed by atoms with Gasteiger partial charge in [-0.05, 0) is 36.1 Å². The van der Waals surface area contributed by atoms with E-state index in [0.29, 0.717) is 0 Å². The zero-order valence-corrected chi connectivity index (χ0v) is 12.0. The molecule has 4 nitrogen and oxygen atoms in total. The first-order chi connectivity index (χ1) is 9.77. The highest BCUT2D eigenvalue weighted by molar-refractivity contribution is 5.40. The monoisotopic (exact) mass is 271 g/mol.